The molecule has 2 heteroatoms. The number of aromatic nitrogens is 1. The van der Waals surface area contributed by atoms with Crippen molar-refractivity contribution in [2.45, 2.75) is 0 Å². The van der Waals surface area contributed by atoms with E-state index in [-0.39, 0.29) is 0 Å². The summed E-state index contributed by atoms with van der Waals surface area (Å²) in [6, 6.07) is 11.2. The molecule has 0 saturated heterocycles. The van der Waals surface area contributed by atoms with Crippen molar-refractivity contribution in [1.82, 2.24) is 4.98 Å². The van der Waals surface area contributed by atoms with Gasteiger partial charge in [0.1, 0.15) is 0 Å². The summed E-state index contributed by atoms with van der Waals surface area (Å²) in [5, 5.41) is 0.705. The van der Waals surface area contributed by atoms with Gasteiger partial charge < -0.3 is 0 Å². The third kappa shape index (κ3) is 2.01. The van der Waals surface area contributed by atoms with Gasteiger partial charge in [0.05, 0.1) is 11.3 Å². The predicted octanol–water partition coefficient (Wildman–Crippen LogP) is 3.38. The Morgan fingerprint density at radius 3 is 2.53 bits per heavy atom. The minimum absolute atomic E-state index is 0.705. The van der Waals surface area contributed by atoms with Crippen molar-refractivity contribution in [2.24, 2.45) is 0 Å². The molecule has 0 aliphatic rings. The van der Waals surface area contributed by atoms with Crippen molar-refractivity contribution < 1.29 is 0 Å². The highest BCUT2D eigenvalue weighted by molar-refractivity contribution is 6.30. The monoisotopic (exact) mass is 213 g/mol. The van der Waals surface area contributed by atoms with Gasteiger partial charge in [-0.15, -0.1) is 6.42 Å². The highest BCUT2D eigenvalue weighted by Crippen LogP contribution is 2.22. The van der Waals surface area contributed by atoms with Crippen LogP contribution in [0.2, 0.25) is 5.02 Å². The van der Waals surface area contributed by atoms with Gasteiger partial charge in [0.25, 0.3) is 0 Å². The zero-order chi connectivity index (χ0) is 10.7. The van der Waals surface area contributed by atoms with Gasteiger partial charge in [-0.1, -0.05) is 29.7 Å². The molecule has 0 unspecified atom stereocenters. The van der Waals surface area contributed by atoms with E-state index in [4.69, 9.17) is 18.0 Å². The second-order valence-electron chi connectivity index (χ2n) is 3.05. The van der Waals surface area contributed by atoms with Gasteiger partial charge in [-0.3, -0.25) is 4.98 Å². The molecule has 1 heterocycles. The smallest absolute Gasteiger partial charge is 0.0858 e. The van der Waals surface area contributed by atoms with Crippen molar-refractivity contribution in [3.63, 3.8) is 0 Å². The molecule has 2 rings (SSSR count). The molecular weight excluding hydrogens is 206 g/mol. The topological polar surface area (TPSA) is 12.9 Å². The zero-order valence-electron chi connectivity index (χ0n) is 7.94. The van der Waals surface area contributed by atoms with Crippen LogP contribution in [0.1, 0.15) is 5.56 Å². The predicted molar refractivity (Wildman–Crippen MR) is 62.6 cm³/mol. The highest BCUT2D eigenvalue weighted by atomic mass is 35.5. The third-order valence-corrected chi connectivity index (χ3v) is 2.33. The number of halogens is 1. The van der Waals surface area contributed by atoms with Gasteiger partial charge in [-0.05, 0) is 24.3 Å². The van der Waals surface area contributed by atoms with E-state index < -0.39 is 0 Å². The van der Waals surface area contributed by atoms with Crippen molar-refractivity contribution in [2.75, 3.05) is 0 Å². The van der Waals surface area contributed by atoms with E-state index in [9.17, 15) is 0 Å². The van der Waals surface area contributed by atoms with Gasteiger partial charge in [0.15, 0.2) is 0 Å². The largest absolute Gasteiger partial charge is 0.255 e. The van der Waals surface area contributed by atoms with Crippen LogP contribution in [0.5, 0.6) is 0 Å². The standard InChI is InChI=1S/C13H8ClN/c1-2-10-4-3-9-15-13(10)11-5-7-12(14)8-6-11/h1,3-9H. The minimum Gasteiger partial charge on any atom is -0.255 e. The molecule has 1 aromatic heterocycles. The normalized spacial score (nSPS) is 9.60. The first kappa shape index (κ1) is 9.76. The van der Waals surface area contributed by atoms with E-state index in [1.807, 2.05) is 36.4 Å². The van der Waals surface area contributed by atoms with E-state index in [1.54, 1.807) is 6.20 Å². The molecule has 0 amide bonds. The molecule has 0 atom stereocenters. The summed E-state index contributed by atoms with van der Waals surface area (Å²) in [4.78, 5) is 4.26. The fraction of sp³-hybridized carbons (Fsp3) is 0. The molecule has 0 aliphatic heterocycles. The lowest BCUT2D eigenvalue weighted by atomic mass is 10.1. The molecule has 0 saturated carbocycles. The number of nitrogens with zero attached hydrogens (tertiary/aromatic N) is 1. The van der Waals surface area contributed by atoms with E-state index in [2.05, 4.69) is 10.9 Å². The van der Waals surface area contributed by atoms with Gasteiger partial charge in [-0.2, -0.15) is 0 Å². The van der Waals surface area contributed by atoms with Crippen LogP contribution in [0.25, 0.3) is 11.3 Å². The highest BCUT2D eigenvalue weighted by Gasteiger charge is 2.03. The summed E-state index contributed by atoms with van der Waals surface area (Å²) in [6.45, 7) is 0. The maximum absolute atomic E-state index is 5.81. The number of pyridine rings is 1. The average molecular weight is 214 g/mol. The van der Waals surface area contributed by atoms with Gasteiger partial charge >= 0.3 is 0 Å². The van der Waals surface area contributed by atoms with E-state index >= 15 is 0 Å². The Hall–Kier alpha value is -1.78. The fourth-order valence-electron chi connectivity index (χ4n) is 1.36. The molecule has 0 fully saturated rings. The van der Waals surface area contributed by atoms with Gasteiger partial charge in [0.2, 0.25) is 0 Å². The SMILES string of the molecule is C#Cc1cccnc1-c1ccc(Cl)cc1. The second kappa shape index (κ2) is 4.16. The zero-order valence-corrected chi connectivity index (χ0v) is 8.70. The Balaban J connectivity index is 2.55. The molecule has 1 aromatic carbocycles. The molecular formula is C13H8ClN. The van der Waals surface area contributed by atoms with Crippen LogP contribution >= 0.6 is 11.6 Å². The number of benzene rings is 1. The minimum atomic E-state index is 0.705. The Labute approximate surface area is 93.7 Å². The van der Waals surface area contributed by atoms with E-state index in [1.165, 1.54) is 0 Å². The molecule has 72 valence electrons. The first-order chi connectivity index (χ1) is 7.31. The summed E-state index contributed by atoms with van der Waals surface area (Å²) >= 11 is 5.81. The van der Waals surface area contributed by atoms with Crippen LogP contribution in [0.4, 0.5) is 0 Å². The number of terminal acetylenes is 1. The lowest BCUT2D eigenvalue weighted by Gasteiger charge is -2.03. The van der Waals surface area contributed by atoms with E-state index in [0.717, 1.165) is 16.8 Å². The van der Waals surface area contributed by atoms with Crippen LogP contribution in [-0.2, 0) is 0 Å². The summed E-state index contributed by atoms with van der Waals surface area (Å²) in [7, 11) is 0. The molecule has 0 spiro atoms. The molecule has 2 aromatic rings. The molecule has 0 N–H and O–H groups in total. The lowest BCUT2D eigenvalue weighted by molar-refractivity contribution is 1.31. The summed E-state index contributed by atoms with van der Waals surface area (Å²) in [5.74, 6) is 2.61. The van der Waals surface area contributed by atoms with E-state index in [0.29, 0.717) is 5.02 Å². The van der Waals surface area contributed by atoms with Crippen LogP contribution < -0.4 is 0 Å². The maximum atomic E-state index is 5.81. The summed E-state index contributed by atoms with van der Waals surface area (Å²) in [5.41, 5.74) is 2.59. The van der Waals surface area contributed by atoms with Crippen LogP contribution in [0.15, 0.2) is 42.6 Å². The number of hydrogen-bond acceptors (Lipinski definition) is 1. The summed E-state index contributed by atoms with van der Waals surface area (Å²) in [6.07, 6.45) is 7.13. The Morgan fingerprint density at radius 1 is 1.13 bits per heavy atom. The quantitative estimate of drug-likeness (QED) is 0.662. The molecule has 0 aliphatic carbocycles. The maximum Gasteiger partial charge on any atom is 0.0858 e. The van der Waals surface area contributed by atoms with Crippen molar-refractivity contribution in [1.29, 1.82) is 0 Å². The number of hydrogen-bond donors (Lipinski definition) is 0. The van der Waals surface area contributed by atoms with Crippen molar-refractivity contribution >= 4 is 11.6 Å². The summed E-state index contributed by atoms with van der Waals surface area (Å²) < 4.78 is 0. The lowest BCUT2D eigenvalue weighted by Crippen LogP contribution is -1.87. The first-order valence-corrected chi connectivity index (χ1v) is 4.86. The molecule has 15 heavy (non-hydrogen) atoms. The second-order valence-corrected chi connectivity index (χ2v) is 3.49. The molecule has 0 radical (unpaired) electrons. The van der Waals surface area contributed by atoms with Crippen molar-refractivity contribution in [3.8, 4) is 23.6 Å². The average Bonchev–Trinajstić information content (AvgIpc) is 2.30. The first-order valence-electron chi connectivity index (χ1n) is 4.49. The van der Waals surface area contributed by atoms with Crippen molar-refractivity contribution in [3.05, 3.63) is 53.2 Å². The van der Waals surface area contributed by atoms with Crippen LogP contribution in [0.3, 0.4) is 0 Å². The number of rotatable bonds is 1. The molecule has 0 bridgehead atoms. The Bertz CT molecular complexity index is 509. The Kier molecular flexibility index (Phi) is 2.71. The third-order valence-electron chi connectivity index (χ3n) is 2.08. The molecule has 1 nitrogen and oxygen atoms in total. The van der Waals surface area contributed by atoms with Crippen LogP contribution in [0, 0.1) is 12.3 Å². The van der Waals surface area contributed by atoms with Gasteiger partial charge in [-0.25, -0.2) is 0 Å². The Morgan fingerprint density at radius 2 is 1.87 bits per heavy atom. The van der Waals surface area contributed by atoms with Crippen LogP contribution in [-0.4, -0.2) is 4.98 Å². The van der Waals surface area contributed by atoms with Gasteiger partial charge in [0, 0.05) is 16.8 Å². The fourth-order valence-corrected chi connectivity index (χ4v) is 1.49.